The Kier molecular flexibility index (Phi) is 3.98. The van der Waals surface area contributed by atoms with Crippen molar-refractivity contribution < 1.29 is 4.79 Å². The zero-order valence-electron chi connectivity index (χ0n) is 14.4. The van der Waals surface area contributed by atoms with Crippen LogP contribution in [0.3, 0.4) is 0 Å². The lowest BCUT2D eigenvalue weighted by Crippen LogP contribution is -2.36. The summed E-state index contributed by atoms with van der Waals surface area (Å²) in [4.78, 5) is 16.0. The van der Waals surface area contributed by atoms with Crippen LogP contribution in [0.15, 0.2) is 6.20 Å². The van der Waals surface area contributed by atoms with Crippen LogP contribution in [-0.2, 0) is 6.42 Å². The van der Waals surface area contributed by atoms with Gasteiger partial charge in [-0.25, -0.2) is 9.50 Å². The summed E-state index contributed by atoms with van der Waals surface area (Å²) in [5.41, 5.74) is 7.43. The molecular weight excluding hydrogens is 278 g/mol. The van der Waals surface area contributed by atoms with E-state index in [-0.39, 0.29) is 11.0 Å². The predicted molar refractivity (Wildman–Crippen MR) is 89.2 cm³/mol. The summed E-state index contributed by atoms with van der Waals surface area (Å²) in [5, 5.41) is 6.66. The minimum atomic E-state index is -0.473. The molecule has 0 radical (unpaired) electrons. The SMILES string of the molecule is CCc1nc2c(C(N)=O)c[nH]n2c1NC(C)(C)CC(C)(C)C. The standard InChI is InChI=1S/C16H27N5O/c1-7-11-14(20-16(5,6)9-15(2,3)4)21-13(19-11)10(8-18-21)12(17)22/h8,18,20H,7,9H2,1-6H3,(H2,17,22). The molecule has 0 unspecified atom stereocenters. The van der Waals surface area contributed by atoms with Gasteiger partial charge in [-0.3, -0.25) is 9.89 Å². The fourth-order valence-electron chi connectivity index (χ4n) is 3.21. The van der Waals surface area contributed by atoms with E-state index in [0.29, 0.717) is 11.2 Å². The molecular formula is C16H27N5O. The number of aryl methyl sites for hydroxylation is 1. The first-order valence-electron chi connectivity index (χ1n) is 7.71. The number of primary amides is 1. The summed E-state index contributed by atoms with van der Waals surface area (Å²) in [5.74, 6) is 0.429. The summed E-state index contributed by atoms with van der Waals surface area (Å²) in [6.45, 7) is 13.1. The zero-order chi connectivity index (χ0) is 16.7. The molecule has 2 aromatic heterocycles. The van der Waals surface area contributed by atoms with E-state index in [4.69, 9.17) is 5.73 Å². The van der Waals surface area contributed by atoms with E-state index < -0.39 is 5.91 Å². The maximum Gasteiger partial charge on any atom is 0.254 e. The third-order valence-electron chi connectivity index (χ3n) is 3.56. The first-order chi connectivity index (χ1) is 10.0. The number of aromatic nitrogens is 3. The van der Waals surface area contributed by atoms with Crippen molar-refractivity contribution in [1.82, 2.24) is 14.6 Å². The van der Waals surface area contributed by atoms with Crippen LogP contribution < -0.4 is 11.1 Å². The lowest BCUT2D eigenvalue weighted by molar-refractivity contribution is 0.100. The Morgan fingerprint density at radius 1 is 1.36 bits per heavy atom. The molecule has 0 spiro atoms. The van der Waals surface area contributed by atoms with Crippen molar-refractivity contribution in [3.8, 4) is 0 Å². The average Bonchev–Trinajstić information content (AvgIpc) is 2.85. The van der Waals surface area contributed by atoms with Crippen LogP contribution >= 0.6 is 0 Å². The van der Waals surface area contributed by atoms with Crippen LogP contribution in [0.2, 0.25) is 0 Å². The Bertz CT molecular complexity index is 687. The number of carbonyl (C=O) groups excluding carboxylic acids is 1. The van der Waals surface area contributed by atoms with Gasteiger partial charge in [0, 0.05) is 11.7 Å². The van der Waals surface area contributed by atoms with Crippen LogP contribution in [0.4, 0.5) is 5.82 Å². The number of hydrogen-bond donors (Lipinski definition) is 3. The number of fused-ring (bicyclic) bond motifs is 1. The van der Waals surface area contributed by atoms with Crippen molar-refractivity contribution >= 4 is 17.4 Å². The molecule has 0 fully saturated rings. The molecule has 2 aromatic rings. The Hall–Kier alpha value is -1.98. The number of rotatable bonds is 5. The molecule has 122 valence electrons. The maximum absolute atomic E-state index is 11.5. The highest BCUT2D eigenvalue weighted by atomic mass is 16.1. The minimum Gasteiger partial charge on any atom is -0.365 e. The average molecular weight is 305 g/mol. The van der Waals surface area contributed by atoms with Gasteiger partial charge in [-0.15, -0.1) is 0 Å². The van der Waals surface area contributed by atoms with Crippen LogP contribution in [0.1, 0.15) is 64.0 Å². The summed E-state index contributed by atoms with van der Waals surface area (Å²) in [6, 6.07) is 0. The number of aromatic amines is 1. The first kappa shape index (κ1) is 16.4. The fourth-order valence-corrected chi connectivity index (χ4v) is 3.21. The maximum atomic E-state index is 11.5. The van der Waals surface area contributed by atoms with Gasteiger partial charge in [-0.1, -0.05) is 27.7 Å². The highest BCUT2D eigenvalue weighted by Crippen LogP contribution is 2.31. The molecule has 0 aliphatic heterocycles. The largest absolute Gasteiger partial charge is 0.365 e. The molecule has 0 bridgehead atoms. The predicted octanol–water partition coefficient (Wildman–Crippen LogP) is 2.95. The van der Waals surface area contributed by atoms with Crippen LogP contribution in [0.25, 0.3) is 5.65 Å². The van der Waals surface area contributed by atoms with Crippen molar-refractivity contribution in [1.29, 1.82) is 0 Å². The second-order valence-corrected chi connectivity index (χ2v) is 7.72. The number of hydrogen-bond acceptors (Lipinski definition) is 3. The molecule has 2 heterocycles. The van der Waals surface area contributed by atoms with E-state index in [9.17, 15) is 4.79 Å². The molecule has 0 atom stereocenters. The molecule has 4 N–H and O–H groups in total. The fraction of sp³-hybridized carbons (Fsp3) is 0.625. The van der Waals surface area contributed by atoms with E-state index >= 15 is 0 Å². The van der Waals surface area contributed by atoms with Gasteiger partial charge in [0.1, 0.15) is 11.4 Å². The molecule has 0 saturated carbocycles. The highest BCUT2D eigenvalue weighted by molar-refractivity contribution is 5.98. The Morgan fingerprint density at radius 2 is 2.00 bits per heavy atom. The number of nitrogens with zero attached hydrogens (tertiary/aromatic N) is 2. The summed E-state index contributed by atoms with van der Waals surface area (Å²) in [6.07, 6.45) is 3.38. The van der Waals surface area contributed by atoms with Gasteiger partial charge in [0.05, 0.1) is 5.69 Å². The quantitative estimate of drug-likeness (QED) is 0.793. The molecule has 0 aliphatic rings. The molecule has 0 saturated heterocycles. The Labute approximate surface area is 131 Å². The first-order valence-corrected chi connectivity index (χ1v) is 7.71. The molecule has 1 amide bonds. The van der Waals surface area contributed by atoms with E-state index in [1.807, 2.05) is 11.4 Å². The van der Waals surface area contributed by atoms with Crippen molar-refractivity contribution in [2.75, 3.05) is 5.32 Å². The lowest BCUT2D eigenvalue weighted by atomic mass is 9.82. The third-order valence-corrected chi connectivity index (χ3v) is 3.56. The van der Waals surface area contributed by atoms with Crippen molar-refractivity contribution in [3.05, 3.63) is 17.5 Å². The monoisotopic (exact) mass is 305 g/mol. The second-order valence-electron chi connectivity index (χ2n) is 7.72. The summed E-state index contributed by atoms with van der Waals surface area (Å²) < 4.78 is 1.81. The number of amides is 1. The van der Waals surface area contributed by atoms with Crippen LogP contribution in [-0.4, -0.2) is 26.0 Å². The summed E-state index contributed by atoms with van der Waals surface area (Å²) >= 11 is 0. The topological polar surface area (TPSA) is 88.2 Å². The number of anilines is 1. The normalized spacial score (nSPS) is 12.8. The number of imidazole rings is 1. The molecule has 2 rings (SSSR count). The minimum absolute atomic E-state index is 0.101. The van der Waals surface area contributed by atoms with E-state index in [1.165, 1.54) is 0 Å². The van der Waals surface area contributed by atoms with Crippen molar-refractivity contribution in [3.63, 3.8) is 0 Å². The van der Waals surface area contributed by atoms with E-state index in [1.54, 1.807) is 6.20 Å². The Morgan fingerprint density at radius 3 is 2.50 bits per heavy atom. The van der Waals surface area contributed by atoms with Gasteiger partial charge in [0.25, 0.3) is 5.91 Å². The number of nitrogens with two attached hydrogens (primary N) is 1. The number of H-pyrrole nitrogens is 1. The van der Waals surface area contributed by atoms with Crippen LogP contribution in [0, 0.1) is 5.41 Å². The van der Waals surface area contributed by atoms with Gasteiger partial charge in [0.15, 0.2) is 5.65 Å². The van der Waals surface area contributed by atoms with E-state index in [0.717, 1.165) is 24.4 Å². The van der Waals surface area contributed by atoms with Crippen LogP contribution in [0.5, 0.6) is 0 Å². The third kappa shape index (κ3) is 3.26. The summed E-state index contributed by atoms with van der Waals surface area (Å²) in [7, 11) is 0. The Balaban J connectivity index is 2.44. The lowest BCUT2D eigenvalue weighted by Gasteiger charge is -2.34. The number of nitrogens with one attached hydrogen (secondary N) is 2. The van der Waals surface area contributed by atoms with Gasteiger partial charge < -0.3 is 11.1 Å². The van der Waals surface area contributed by atoms with Gasteiger partial charge in [-0.2, -0.15) is 0 Å². The van der Waals surface area contributed by atoms with Gasteiger partial charge in [-0.05, 0) is 32.1 Å². The molecule has 6 heteroatoms. The molecule has 6 nitrogen and oxygen atoms in total. The molecule has 22 heavy (non-hydrogen) atoms. The van der Waals surface area contributed by atoms with Gasteiger partial charge in [0.2, 0.25) is 0 Å². The zero-order valence-corrected chi connectivity index (χ0v) is 14.4. The van der Waals surface area contributed by atoms with Gasteiger partial charge >= 0.3 is 0 Å². The number of carbonyl (C=O) groups is 1. The van der Waals surface area contributed by atoms with E-state index in [2.05, 4.69) is 50.0 Å². The molecule has 0 aromatic carbocycles. The van der Waals surface area contributed by atoms with Crippen molar-refractivity contribution in [2.45, 2.75) is 59.9 Å². The molecule has 0 aliphatic carbocycles. The van der Waals surface area contributed by atoms with Crippen molar-refractivity contribution in [2.24, 2.45) is 11.1 Å². The highest BCUT2D eigenvalue weighted by Gasteiger charge is 2.28. The smallest absolute Gasteiger partial charge is 0.254 e. The second kappa shape index (κ2) is 5.34.